The van der Waals surface area contributed by atoms with E-state index < -0.39 is 11.4 Å². The number of hydrogen-bond donors (Lipinski definition) is 2. The fourth-order valence-corrected chi connectivity index (χ4v) is 4.40. The topological polar surface area (TPSA) is 49.3 Å². The molecule has 1 aliphatic carbocycles. The summed E-state index contributed by atoms with van der Waals surface area (Å²) in [5, 5.41) is 15.9. The number of carbonyl (C=O) groups is 1. The summed E-state index contributed by atoms with van der Waals surface area (Å²) in [6.45, 7) is 2.62. The Bertz CT molecular complexity index is 661. The number of hydrogen-bond acceptors (Lipinski definition) is 3. The van der Waals surface area contributed by atoms with E-state index in [2.05, 4.69) is 44.8 Å². The van der Waals surface area contributed by atoms with Crippen LogP contribution < -0.4 is 5.32 Å². The maximum absolute atomic E-state index is 11.0. The van der Waals surface area contributed by atoms with Gasteiger partial charge in [-0.05, 0) is 47.3 Å². The van der Waals surface area contributed by atoms with Crippen molar-refractivity contribution in [3.05, 3.63) is 33.6 Å². The summed E-state index contributed by atoms with van der Waals surface area (Å²) in [6.07, 6.45) is 1.43. The van der Waals surface area contributed by atoms with Gasteiger partial charge in [-0.2, -0.15) is 0 Å². The van der Waals surface area contributed by atoms with Crippen molar-refractivity contribution in [2.75, 3.05) is 0 Å². The fourth-order valence-electron chi connectivity index (χ4n) is 2.76. The molecule has 0 radical (unpaired) electrons. The largest absolute Gasteiger partial charge is 0.481 e. The van der Waals surface area contributed by atoms with Crippen LogP contribution in [0.15, 0.2) is 28.1 Å². The minimum absolute atomic E-state index is 0.321. The molecule has 5 heteroatoms. The summed E-state index contributed by atoms with van der Waals surface area (Å²) in [4.78, 5) is 11.0. The second-order valence-corrected chi connectivity index (χ2v) is 7.53. The molecule has 1 aromatic carbocycles. The summed E-state index contributed by atoms with van der Waals surface area (Å²) in [5.41, 5.74) is 0.719. The molecule has 2 aromatic rings. The van der Waals surface area contributed by atoms with Crippen LogP contribution in [0.2, 0.25) is 0 Å². The van der Waals surface area contributed by atoms with E-state index in [1.165, 1.54) is 15.6 Å². The first-order chi connectivity index (χ1) is 9.48. The lowest BCUT2D eigenvalue weighted by molar-refractivity contribution is -0.154. The van der Waals surface area contributed by atoms with Crippen LogP contribution in [0.1, 0.15) is 25.3 Å². The number of rotatable bonds is 4. The number of fused-ring (bicyclic) bond motifs is 1. The van der Waals surface area contributed by atoms with E-state index in [1.54, 1.807) is 11.3 Å². The molecule has 20 heavy (non-hydrogen) atoms. The Hall–Kier alpha value is -0.910. The van der Waals surface area contributed by atoms with Gasteiger partial charge in [0.05, 0.1) is 5.41 Å². The Morgan fingerprint density at radius 2 is 2.30 bits per heavy atom. The molecule has 1 heterocycles. The molecule has 3 nitrogen and oxygen atoms in total. The maximum atomic E-state index is 11.0. The van der Waals surface area contributed by atoms with Crippen LogP contribution in [0.25, 0.3) is 10.1 Å². The summed E-state index contributed by atoms with van der Waals surface area (Å²) in [7, 11) is 0. The van der Waals surface area contributed by atoms with Crippen LogP contribution >= 0.6 is 27.3 Å². The number of carboxylic acid groups (broad SMARTS) is 1. The highest BCUT2D eigenvalue weighted by molar-refractivity contribution is 9.10. The Morgan fingerprint density at radius 3 is 3.00 bits per heavy atom. The highest BCUT2D eigenvalue weighted by Crippen LogP contribution is 2.41. The average molecular weight is 354 g/mol. The Morgan fingerprint density at radius 1 is 1.55 bits per heavy atom. The molecule has 3 rings (SSSR count). The van der Waals surface area contributed by atoms with Crippen molar-refractivity contribution in [3.63, 3.8) is 0 Å². The molecular formula is C15H16BrNO2S. The first kappa shape index (κ1) is 14.0. The summed E-state index contributed by atoms with van der Waals surface area (Å²) in [6, 6.07) is 6.78. The van der Waals surface area contributed by atoms with Gasteiger partial charge in [0, 0.05) is 32.5 Å². The number of aliphatic carboxylic acids is 1. The predicted octanol–water partition coefficient (Wildman–Crippen LogP) is 4.01. The van der Waals surface area contributed by atoms with Crippen LogP contribution in [-0.2, 0) is 11.3 Å². The molecular weight excluding hydrogens is 338 g/mol. The standard InChI is InChI=1S/C15H16BrNO2S/c1-15(14(18)19)5-10(6-15)17-7-9-2-3-11-12(16)8-20-13(11)4-9/h2-4,8,10,17H,5-7H2,1H3,(H,18,19). The quantitative estimate of drug-likeness (QED) is 0.872. The maximum Gasteiger partial charge on any atom is 0.309 e. The van der Waals surface area contributed by atoms with Gasteiger partial charge in [0.25, 0.3) is 0 Å². The van der Waals surface area contributed by atoms with Crippen molar-refractivity contribution >= 4 is 43.3 Å². The number of benzene rings is 1. The normalized spacial score (nSPS) is 25.6. The van der Waals surface area contributed by atoms with Crippen molar-refractivity contribution in [2.45, 2.75) is 32.4 Å². The van der Waals surface area contributed by atoms with Gasteiger partial charge in [0.2, 0.25) is 0 Å². The van der Waals surface area contributed by atoms with Gasteiger partial charge in [-0.25, -0.2) is 0 Å². The van der Waals surface area contributed by atoms with Gasteiger partial charge < -0.3 is 10.4 Å². The molecule has 2 N–H and O–H groups in total. The molecule has 0 aliphatic heterocycles. The minimum Gasteiger partial charge on any atom is -0.481 e. The van der Waals surface area contributed by atoms with Crippen LogP contribution in [0.3, 0.4) is 0 Å². The van der Waals surface area contributed by atoms with Crippen molar-refractivity contribution in [2.24, 2.45) is 5.41 Å². The third-order valence-electron chi connectivity index (χ3n) is 4.10. The molecule has 106 valence electrons. The lowest BCUT2D eigenvalue weighted by atomic mass is 9.67. The van der Waals surface area contributed by atoms with Crippen LogP contribution in [0.4, 0.5) is 0 Å². The Kier molecular flexibility index (Phi) is 3.60. The van der Waals surface area contributed by atoms with E-state index in [1.807, 2.05) is 6.92 Å². The second-order valence-electron chi connectivity index (χ2n) is 5.77. The number of carboxylic acids is 1. The molecule has 0 atom stereocenters. The van der Waals surface area contributed by atoms with E-state index in [0.29, 0.717) is 6.04 Å². The first-order valence-corrected chi connectivity index (χ1v) is 8.28. The molecule has 0 bridgehead atoms. The smallest absolute Gasteiger partial charge is 0.309 e. The second kappa shape index (κ2) is 5.13. The number of nitrogens with one attached hydrogen (secondary N) is 1. The molecule has 1 saturated carbocycles. The van der Waals surface area contributed by atoms with Crippen molar-refractivity contribution in [1.29, 1.82) is 0 Å². The molecule has 0 spiro atoms. The Labute approximate surface area is 130 Å². The van der Waals surface area contributed by atoms with Crippen molar-refractivity contribution < 1.29 is 9.90 Å². The Balaban J connectivity index is 1.60. The molecule has 1 aromatic heterocycles. The van der Waals surface area contributed by atoms with E-state index in [4.69, 9.17) is 5.11 Å². The van der Waals surface area contributed by atoms with Gasteiger partial charge in [-0.1, -0.05) is 12.1 Å². The summed E-state index contributed by atoms with van der Waals surface area (Å²) < 4.78 is 2.42. The highest BCUT2D eigenvalue weighted by Gasteiger charge is 2.46. The molecule has 0 saturated heterocycles. The average Bonchev–Trinajstić information content (AvgIpc) is 2.74. The minimum atomic E-state index is -0.680. The molecule has 1 aliphatic rings. The monoisotopic (exact) mass is 353 g/mol. The van der Waals surface area contributed by atoms with Gasteiger partial charge >= 0.3 is 5.97 Å². The lowest BCUT2D eigenvalue weighted by Crippen LogP contribution is -2.51. The number of thiophene rings is 1. The van der Waals surface area contributed by atoms with Crippen molar-refractivity contribution in [3.8, 4) is 0 Å². The van der Waals surface area contributed by atoms with Crippen molar-refractivity contribution in [1.82, 2.24) is 5.32 Å². The zero-order valence-corrected chi connectivity index (χ0v) is 13.6. The molecule has 0 unspecified atom stereocenters. The predicted molar refractivity (Wildman–Crippen MR) is 85.1 cm³/mol. The zero-order valence-electron chi connectivity index (χ0n) is 11.1. The van der Waals surface area contributed by atoms with Crippen LogP contribution in [0, 0.1) is 5.41 Å². The third kappa shape index (κ3) is 2.50. The van der Waals surface area contributed by atoms with E-state index in [-0.39, 0.29) is 0 Å². The zero-order chi connectivity index (χ0) is 14.3. The third-order valence-corrected chi connectivity index (χ3v) is 6.00. The number of halogens is 1. The SMILES string of the molecule is CC1(C(=O)O)CC(NCc2ccc3c(Br)csc3c2)C1. The highest BCUT2D eigenvalue weighted by atomic mass is 79.9. The fraction of sp³-hybridized carbons (Fsp3) is 0.400. The lowest BCUT2D eigenvalue weighted by Gasteiger charge is -2.42. The van der Waals surface area contributed by atoms with E-state index in [0.717, 1.165) is 23.9 Å². The van der Waals surface area contributed by atoms with Crippen LogP contribution in [0.5, 0.6) is 0 Å². The van der Waals surface area contributed by atoms with Gasteiger partial charge in [0.1, 0.15) is 0 Å². The van der Waals surface area contributed by atoms with E-state index >= 15 is 0 Å². The van der Waals surface area contributed by atoms with Crippen LogP contribution in [-0.4, -0.2) is 17.1 Å². The molecule has 1 fully saturated rings. The van der Waals surface area contributed by atoms with E-state index in [9.17, 15) is 4.79 Å². The summed E-state index contributed by atoms with van der Waals surface area (Å²) >= 11 is 5.27. The van der Waals surface area contributed by atoms with Gasteiger partial charge in [-0.3, -0.25) is 4.79 Å². The first-order valence-electron chi connectivity index (χ1n) is 6.60. The molecule has 0 amide bonds. The summed E-state index contributed by atoms with van der Waals surface area (Å²) in [5.74, 6) is -0.680. The van der Waals surface area contributed by atoms with Gasteiger partial charge in [-0.15, -0.1) is 11.3 Å². The van der Waals surface area contributed by atoms with Gasteiger partial charge in [0.15, 0.2) is 0 Å².